The number of carbonyl (C=O) groups excluding carboxylic acids is 1. The van der Waals surface area contributed by atoms with Gasteiger partial charge in [0, 0.05) is 26.7 Å². The molecule has 0 aromatic heterocycles. The van der Waals surface area contributed by atoms with E-state index in [4.69, 9.17) is 14.6 Å². The van der Waals surface area contributed by atoms with Crippen molar-refractivity contribution in [3.05, 3.63) is 0 Å². The summed E-state index contributed by atoms with van der Waals surface area (Å²) >= 11 is 0. The molecule has 2 saturated heterocycles. The molecule has 0 bridgehead atoms. The first-order chi connectivity index (χ1) is 10.2. The predicted molar refractivity (Wildman–Crippen MR) is 80.1 cm³/mol. The summed E-state index contributed by atoms with van der Waals surface area (Å²) in [5.41, 5.74) is 0. The highest BCUT2D eigenvalue weighted by Gasteiger charge is 2.22. The van der Waals surface area contributed by atoms with Crippen LogP contribution in [0, 0.1) is 11.8 Å². The standard InChI is InChI=1S/C14H26N2O2.CH2O2/c1-15-14(17)10-12-2-6-16(7-3-12)8-4-13-5-9-18-11-13;2-1-3/h12-13H,2-11H2,1H3,(H,15,17);1H,(H,2,3). The molecular weight excluding hydrogens is 272 g/mol. The minimum atomic E-state index is -0.250. The number of rotatable bonds is 5. The van der Waals surface area contributed by atoms with Gasteiger partial charge in [-0.1, -0.05) is 0 Å². The van der Waals surface area contributed by atoms with Crippen LogP contribution in [0.2, 0.25) is 0 Å². The largest absolute Gasteiger partial charge is 0.483 e. The van der Waals surface area contributed by atoms with E-state index in [1.54, 1.807) is 7.05 Å². The minimum Gasteiger partial charge on any atom is -0.483 e. The van der Waals surface area contributed by atoms with Crippen molar-refractivity contribution < 1.29 is 19.4 Å². The Hall–Kier alpha value is -1.14. The van der Waals surface area contributed by atoms with Gasteiger partial charge in [0.25, 0.3) is 6.47 Å². The Bertz CT molecular complexity index is 298. The van der Waals surface area contributed by atoms with Crippen LogP contribution in [0.15, 0.2) is 0 Å². The van der Waals surface area contributed by atoms with Gasteiger partial charge in [-0.15, -0.1) is 0 Å². The highest BCUT2D eigenvalue weighted by molar-refractivity contribution is 5.75. The molecule has 0 aromatic rings. The van der Waals surface area contributed by atoms with Crippen LogP contribution < -0.4 is 5.32 Å². The number of nitrogens with one attached hydrogen (secondary N) is 1. The van der Waals surface area contributed by atoms with Crippen molar-refractivity contribution in [1.82, 2.24) is 10.2 Å². The maximum atomic E-state index is 11.3. The fourth-order valence-corrected chi connectivity index (χ4v) is 2.95. The molecule has 2 aliphatic rings. The maximum absolute atomic E-state index is 11.3. The van der Waals surface area contributed by atoms with E-state index in [1.807, 2.05) is 0 Å². The van der Waals surface area contributed by atoms with Crippen molar-refractivity contribution in [2.75, 3.05) is 39.9 Å². The molecule has 2 aliphatic heterocycles. The molecule has 0 aliphatic carbocycles. The maximum Gasteiger partial charge on any atom is 0.290 e. The van der Waals surface area contributed by atoms with Crippen LogP contribution in [0.4, 0.5) is 0 Å². The number of piperidine rings is 1. The number of hydrogen-bond donors (Lipinski definition) is 2. The van der Waals surface area contributed by atoms with Crippen LogP contribution in [0.1, 0.15) is 32.1 Å². The monoisotopic (exact) mass is 300 g/mol. The van der Waals surface area contributed by atoms with Crippen molar-refractivity contribution in [2.24, 2.45) is 11.8 Å². The van der Waals surface area contributed by atoms with Crippen molar-refractivity contribution >= 4 is 12.4 Å². The summed E-state index contributed by atoms with van der Waals surface area (Å²) in [7, 11) is 1.72. The first-order valence-corrected chi connectivity index (χ1v) is 7.78. The molecule has 122 valence electrons. The van der Waals surface area contributed by atoms with Gasteiger partial charge < -0.3 is 20.1 Å². The number of hydrogen-bond acceptors (Lipinski definition) is 4. The lowest BCUT2D eigenvalue weighted by atomic mass is 9.93. The molecule has 2 N–H and O–H groups in total. The summed E-state index contributed by atoms with van der Waals surface area (Å²) in [5, 5.41) is 9.61. The average Bonchev–Trinajstić information content (AvgIpc) is 3.00. The van der Waals surface area contributed by atoms with E-state index in [2.05, 4.69) is 10.2 Å². The number of likely N-dealkylation sites (tertiary alicyclic amines) is 1. The Kier molecular flexibility index (Phi) is 9.01. The van der Waals surface area contributed by atoms with E-state index in [1.165, 1.54) is 32.2 Å². The molecule has 0 spiro atoms. The number of ether oxygens (including phenoxy) is 1. The van der Waals surface area contributed by atoms with Gasteiger partial charge >= 0.3 is 0 Å². The van der Waals surface area contributed by atoms with Gasteiger partial charge in [0.2, 0.25) is 5.91 Å². The van der Waals surface area contributed by atoms with E-state index in [0.29, 0.717) is 12.3 Å². The van der Waals surface area contributed by atoms with Gasteiger partial charge in [-0.05, 0) is 57.2 Å². The van der Waals surface area contributed by atoms with Gasteiger partial charge in [0.05, 0.1) is 0 Å². The number of amides is 1. The summed E-state index contributed by atoms with van der Waals surface area (Å²) in [4.78, 5) is 22.2. The molecule has 1 atom stereocenters. The first kappa shape index (κ1) is 17.9. The lowest BCUT2D eigenvalue weighted by Crippen LogP contribution is -2.36. The SMILES string of the molecule is CNC(=O)CC1CCN(CCC2CCOC2)CC1.O=CO. The Morgan fingerprint density at radius 2 is 2.00 bits per heavy atom. The van der Waals surface area contributed by atoms with Crippen LogP contribution in [-0.4, -0.2) is 62.3 Å². The predicted octanol–water partition coefficient (Wildman–Crippen LogP) is 0.962. The topological polar surface area (TPSA) is 78.9 Å². The molecule has 2 rings (SSSR count). The summed E-state index contributed by atoms with van der Waals surface area (Å²) in [5.74, 6) is 1.57. The first-order valence-electron chi connectivity index (χ1n) is 7.78. The van der Waals surface area contributed by atoms with Crippen LogP contribution in [0.5, 0.6) is 0 Å². The van der Waals surface area contributed by atoms with Gasteiger partial charge in [0.1, 0.15) is 0 Å². The molecular formula is C15H28N2O4. The van der Waals surface area contributed by atoms with Crippen molar-refractivity contribution in [3.8, 4) is 0 Å². The van der Waals surface area contributed by atoms with Gasteiger partial charge in [-0.2, -0.15) is 0 Å². The Labute approximate surface area is 126 Å². The van der Waals surface area contributed by atoms with Crippen LogP contribution in [0.3, 0.4) is 0 Å². The van der Waals surface area contributed by atoms with E-state index in [9.17, 15) is 4.79 Å². The summed E-state index contributed by atoms with van der Waals surface area (Å²) in [6.45, 7) is 5.21. The second kappa shape index (κ2) is 10.6. The van der Waals surface area contributed by atoms with Crippen molar-refractivity contribution in [1.29, 1.82) is 0 Å². The van der Waals surface area contributed by atoms with E-state index in [-0.39, 0.29) is 12.4 Å². The third-order valence-electron chi connectivity index (χ3n) is 4.34. The molecule has 6 nitrogen and oxygen atoms in total. The third-order valence-corrected chi connectivity index (χ3v) is 4.34. The third kappa shape index (κ3) is 7.43. The highest BCUT2D eigenvalue weighted by Crippen LogP contribution is 2.22. The zero-order chi connectivity index (χ0) is 15.5. The van der Waals surface area contributed by atoms with E-state index < -0.39 is 0 Å². The van der Waals surface area contributed by atoms with Gasteiger partial charge in [0.15, 0.2) is 0 Å². The fourth-order valence-electron chi connectivity index (χ4n) is 2.95. The average molecular weight is 300 g/mol. The molecule has 1 amide bonds. The number of carboxylic acid groups (broad SMARTS) is 1. The smallest absolute Gasteiger partial charge is 0.290 e. The molecule has 1 unspecified atom stereocenters. The normalized spacial score (nSPS) is 23.2. The summed E-state index contributed by atoms with van der Waals surface area (Å²) in [6.07, 6.45) is 5.58. The molecule has 21 heavy (non-hydrogen) atoms. The Balaban J connectivity index is 0.000000677. The number of carbonyl (C=O) groups is 2. The highest BCUT2D eigenvalue weighted by atomic mass is 16.5. The van der Waals surface area contributed by atoms with Crippen LogP contribution >= 0.6 is 0 Å². The zero-order valence-corrected chi connectivity index (χ0v) is 12.9. The Morgan fingerprint density at radius 1 is 1.33 bits per heavy atom. The molecule has 0 saturated carbocycles. The summed E-state index contributed by atoms with van der Waals surface area (Å²) in [6, 6.07) is 0. The fraction of sp³-hybridized carbons (Fsp3) is 0.867. The molecule has 2 heterocycles. The van der Waals surface area contributed by atoms with E-state index in [0.717, 1.165) is 32.2 Å². The van der Waals surface area contributed by atoms with Crippen LogP contribution in [0.25, 0.3) is 0 Å². The van der Waals surface area contributed by atoms with Crippen molar-refractivity contribution in [2.45, 2.75) is 32.1 Å². The quantitative estimate of drug-likeness (QED) is 0.739. The minimum absolute atomic E-state index is 0.191. The van der Waals surface area contributed by atoms with Crippen molar-refractivity contribution in [3.63, 3.8) is 0 Å². The second-order valence-electron chi connectivity index (χ2n) is 5.79. The molecule has 0 aromatic carbocycles. The van der Waals surface area contributed by atoms with Gasteiger partial charge in [-0.3, -0.25) is 9.59 Å². The molecule has 6 heteroatoms. The lowest BCUT2D eigenvalue weighted by molar-refractivity contribution is -0.123. The zero-order valence-electron chi connectivity index (χ0n) is 12.9. The number of nitrogens with zero attached hydrogens (tertiary/aromatic N) is 1. The summed E-state index contributed by atoms with van der Waals surface area (Å²) < 4.78 is 5.41. The lowest BCUT2D eigenvalue weighted by Gasteiger charge is -2.32. The Morgan fingerprint density at radius 3 is 2.52 bits per heavy atom. The molecule has 0 radical (unpaired) electrons. The second-order valence-corrected chi connectivity index (χ2v) is 5.79. The molecule has 2 fully saturated rings. The van der Waals surface area contributed by atoms with Gasteiger partial charge in [-0.25, -0.2) is 0 Å². The van der Waals surface area contributed by atoms with Crippen LogP contribution in [-0.2, 0) is 14.3 Å². The van der Waals surface area contributed by atoms with E-state index >= 15 is 0 Å².